The zero-order valence-corrected chi connectivity index (χ0v) is 11.3. The molecule has 2 fully saturated rings. The number of rotatable bonds is 2. The average Bonchev–Trinajstić information content (AvgIpc) is 2.57. The van der Waals surface area contributed by atoms with Crippen molar-refractivity contribution in [1.29, 1.82) is 0 Å². The Morgan fingerprint density at radius 1 is 1.28 bits per heavy atom. The average molecular weight is 269 g/mol. The molecule has 0 aromatic heterocycles. The second-order valence-corrected chi connectivity index (χ2v) is 5.92. The van der Waals surface area contributed by atoms with E-state index in [0.29, 0.717) is 28.8 Å². The summed E-state index contributed by atoms with van der Waals surface area (Å²) in [4.78, 5) is 2.48. The van der Waals surface area contributed by atoms with Gasteiger partial charge < -0.3 is 10.2 Å². The van der Waals surface area contributed by atoms with Crippen molar-refractivity contribution in [3.8, 4) is 0 Å². The minimum Gasteiger partial charge on any atom is -0.380 e. The van der Waals surface area contributed by atoms with Gasteiger partial charge in [-0.2, -0.15) is 0 Å². The molecule has 2 nitrogen and oxygen atoms in total. The van der Waals surface area contributed by atoms with Crippen LogP contribution in [0.25, 0.3) is 0 Å². The van der Waals surface area contributed by atoms with Crippen molar-refractivity contribution >= 4 is 17.3 Å². The number of nitrogens with one attached hydrogen (secondary N) is 1. The van der Waals surface area contributed by atoms with Gasteiger partial charge in [-0.25, -0.2) is 4.39 Å². The number of nitrogens with zero attached hydrogens (tertiary/aromatic N) is 1. The molecule has 0 radical (unpaired) electrons. The molecule has 2 aliphatic rings. The van der Waals surface area contributed by atoms with Crippen LogP contribution in [0.5, 0.6) is 0 Å². The Labute approximate surface area is 112 Å². The molecular weight excluding hydrogens is 251 g/mol. The molecule has 2 unspecified atom stereocenters. The number of hydrogen-bond donors (Lipinski definition) is 1. The molecule has 0 spiro atoms. The molecule has 1 aromatic rings. The SMILES string of the molecule is CN1C2CCC1CC(Nc1ccc(Cl)cc1F)C2. The van der Waals surface area contributed by atoms with Crippen LogP contribution in [0, 0.1) is 5.82 Å². The molecule has 2 heterocycles. The van der Waals surface area contributed by atoms with Gasteiger partial charge in [-0.3, -0.25) is 0 Å². The van der Waals surface area contributed by atoms with Crippen LogP contribution in [0.1, 0.15) is 25.7 Å². The Kier molecular flexibility index (Phi) is 3.20. The van der Waals surface area contributed by atoms with Crippen LogP contribution < -0.4 is 5.32 Å². The van der Waals surface area contributed by atoms with Crippen molar-refractivity contribution in [1.82, 2.24) is 4.90 Å². The van der Waals surface area contributed by atoms with Gasteiger partial charge in [0.25, 0.3) is 0 Å². The van der Waals surface area contributed by atoms with E-state index < -0.39 is 0 Å². The summed E-state index contributed by atoms with van der Waals surface area (Å²) in [5.74, 6) is -0.256. The zero-order chi connectivity index (χ0) is 12.7. The quantitative estimate of drug-likeness (QED) is 0.883. The lowest BCUT2D eigenvalue weighted by molar-refractivity contribution is 0.169. The van der Waals surface area contributed by atoms with Gasteiger partial charge in [-0.1, -0.05) is 11.6 Å². The lowest BCUT2D eigenvalue weighted by atomic mass is 9.98. The maximum Gasteiger partial charge on any atom is 0.147 e. The first-order valence-electron chi connectivity index (χ1n) is 6.57. The first-order chi connectivity index (χ1) is 8.63. The normalized spacial score (nSPS) is 31.6. The highest BCUT2D eigenvalue weighted by molar-refractivity contribution is 6.30. The summed E-state index contributed by atoms with van der Waals surface area (Å²) in [5, 5.41) is 3.78. The van der Waals surface area contributed by atoms with Gasteiger partial charge in [-0.15, -0.1) is 0 Å². The smallest absolute Gasteiger partial charge is 0.147 e. The number of anilines is 1. The molecule has 2 aliphatic heterocycles. The Bertz CT molecular complexity index is 437. The highest BCUT2D eigenvalue weighted by Gasteiger charge is 2.38. The molecule has 4 heteroatoms. The van der Waals surface area contributed by atoms with Crippen molar-refractivity contribution in [2.24, 2.45) is 0 Å². The fraction of sp³-hybridized carbons (Fsp3) is 0.571. The van der Waals surface area contributed by atoms with E-state index in [9.17, 15) is 4.39 Å². The Morgan fingerprint density at radius 2 is 1.94 bits per heavy atom. The monoisotopic (exact) mass is 268 g/mol. The fourth-order valence-corrected chi connectivity index (χ4v) is 3.51. The fourth-order valence-electron chi connectivity index (χ4n) is 3.36. The van der Waals surface area contributed by atoms with Gasteiger partial charge in [-0.05, 0) is 50.9 Å². The van der Waals surface area contributed by atoms with Crippen LogP contribution in [0.4, 0.5) is 10.1 Å². The molecule has 0 amide bonds. The van der Waals surface area contributed by atoms with Crippen LogP contribution in [-0.4, -0.2) is 30.1 Å². The van der Waals surface area contributed by atoms with Crippen LogP contribution >= 0.6 is 11.6 Å². The zero-order valence-electron chi connectivity index (χ0n) is 10.5. The van der Waals surface area contributed by atoms with E-state index in [1.165, 1.54) is 18.9 Å². The van der Waals surface area contributed by atoms with Gasteiger partial charge in [0.1, 0.15) is 5.82 Å². The first-order valence-corrected chi connectivity index (χ1v) is 6.95. The summed E-state index contributed by atoms with van der Waals surface area (Å²) in [6.07, 6.45) is 4.77. The second-order valence-electron chi connectivity index (χ2n) is 5.49. The minimum atomic E-state index is -0.256. The number of halogens is 2. The summed E-state index contributed by atoms with van der Waals surface area (Å²) in [7, 11) is 2.21. The van der Waals surface area contributed by atoms with Gasteiger partial charge in [0, 0.05) is 23.1 Å². The maximum atomic E-state index is 13.7. The lowest BCUT2D eigenvalue weighted by Crippen LogP contribution is -2.44. The molecule has 0 aliphatic carbocycles. The van der Waals surface area contributed by atoms with E-state index in [1.54, 1.807) is 12.1 Å². The lowest BCUT2D eigenvalue weighted by Gasteiger charge is -2.37. The molecule has 3 rings (SSSR count). The molecule has 2 bridgehead atoms. The molecular formula is C14H18ClFN2. The first kappa shape index (κ1) is 12.2. The molecule has 1 N–H and O–H groups in total. The standard InChI is InChI=1S/C14H18ClFN2/c1-18-11-3-4-12(18)8-10(7-11)17-14-5-2-9(15)6-13(14)16/h2,5-6,10-12,17H,3-4,7-8H2,1H3. The number of piperidine rings is 1. The predicted octanol–water partition coefficient (Wildman–Crippen LogP) is 3.52. The van der Waals surface area contributed by atoms with Crippen LogP contribution in [0.3, 0.4) is 0 Å². The maximum absolute atomic E-state index is 13.7. The highest BCUT2D eigenvalue weighted by Crippen LogP contribution is 2.35. The minimum absolute atomic E-state index is 0.256. The van der Waals surface area contributed by atoms with Gasteiger partial charge >= 0.3 is 0 Å². The molecule has 0 saturated carbocycles. The Hall–Kier alpha value is -0.800. The van der Waals surface area contributed by atoms with E-state index in [1.807, 2.05) is 0 Å². The van der Waals surface area contributed by atoms with Crippen molar-refractivity contribution in [3.63, 3.8) is 0 Å². The van der Waals surface area contributed by atoms with E-state index in [-0.39, 0.29) is 5.82 Å². The van der Waals surface area contributed by atoms with Crippen molar-refractivity contribution < 1.29 is 4.39 Å². The summed E-state index contributed by atoms with van der Waals surface area (Å²) in [6, 6.07) is 6.55. The third-order valence-corrected chi connectivity index (χ3v) is 4.62. The molecule has 2 saturated heterocycles. The van der Waals surface area contributed by atoms with E-state index >= 15 is 0 Å². The second kappa shape index (κ2) is 4.71. The predicted molar refractivity (Wildman–Crippen MR) is 72.6 cm³/mol. The molecule has 1 aromatic carbocycles. The van der Waals surface area contributed by atoms with Crippen LogP contribution in [0.2, 0.25) is 5.02 Å². The van der Waals surface area contributed by atoms with Crippen LogP contribution in [0.15, 0.2) is 18.2 Å². The largest absolute Gasteiger partial charge is 0.380 e. The Morgan fingerprint density at radius 3 is 2.56 bits per heavy atom. The third kappa shape index (κ3) is 2.21. The van der Waals surface area contributed by atoms with Crippen molar-refractivity contribution in [3.05, 3.63) is 29.0 Å². The molecule has 18 heavy (non-hydrogen) atoms. The van der Waals surface area contributed by atoms with Crippen molar-refractivity contribution in [2.45, 2.75) is 43.8 Å². The summed E-state index contributed by atoms with van der Waals surface area (Å²) < 4.78 is 13.7. The van der Waals surface area contributed by atoms with E-state index in [0.717, 1.165) is 12.8 Å². The molecule has 2 atom stereocenters. The third-order valence-electron chi connectivity index (χ3n) is 4.39. The highest BCUT2D eigenvalue weighted by atomic mass is 35.5. The topological polar surface area (TPSA) is 15.3 Å². The van der Waals surface area contributed by atoms with Crippen molar-refractivity contribution in [2.75, 3.05) is 12.4 Å². The van der Waals surface area contributed by atoms with E-state index in [4.69, 9.17) is 11.6 Å². The number of hydrogen-bond acceptors (Lipinski definition) is 2. The van der Waals surface area contributed by atoms with Crippen LogP contribution in [-0.2, 0) is 0 Å². The molecule has 98 valence electrons. The summed E-state index contributed by atoms with van der Waals surface area (Å²) in [5.41, 5.74) is 0.577. The van der Waals surface area contributed by atoms with E-state index in [2.05, 4.69) is 17.3 Å². The summed E-state index contributed by atoms with van der Waals surface area (Å²) in [6.45, 7) is 0. The van der Waals surface area contributed by atoms with Gasteiger partial charge in [0.15, 0.2) is 0 Å². The van der Waals surface area contributed by atoms with Gasteiger partial charge in [0.2, 0.25) is 0 Å². The number of benzene rings is 1. The summed E-state index contributed by atoms with van der Waals surface area (Å²) >= 11 is 5.76. The van der Waals surface area contributed by atoms with Gasteiger partial charge in [0.05, 0.1) is 5.69 Å². The number of fused-ring (bicyclic) bond motifs is 2. The Balaban J connectivity index is 1.70.